The van der Waals surface area contributed by atoms with Gasteiger partial charge in [-0.15, -0.1) is 13.2 Å². The van der Waals surface area contributed by atoms with E-state index in [2.05, 4.69) is 61.7 Å². The Balaban J connectivity index is 1.45. The molecule has 2 aromatic rings. The van der Waals surface area contributed by atoms with Crippen molar-refractivity contribution >= 4 is 0 Å². The maximum atomic E-state index is 6.16. The van der Waals surface area contributed by atoms with E-state index in [0.29, 0.717) is 26.4 Å². The number of ether oxygens (including phenoxy) is 3. The van der Waals surface area contributed by atoms with Gasteiger partial charge >= 0.3 is 0 Å². The van der Waals surface area contributed by atoms with Crippen LogP contribution in [-0.4, -0.2) is 26.4 Å². The minimum Gasteiger partial charge on any atom is -0.375 e. The van der Waals surface area contributed by atoms with Gasteiger partial charge in [0.25, 0.3) is 0 Å². The summed E-state index contributed by atoms with van der Waals surface area (Å²) in [6.07, 6.45) is 5.53. The minimum absolute atomic E-state index is 0.323. The molecule has 0 bridgehead atoms. The number of rotatable bonds is 10. The SMILES string of the molecule is C=CCc1ccccc1C1(COCC2(c3ccccc3CC=C)CO2)CO1. The standard InChI is InChI=1S/C24H26O3/c1-3-9-19-11-5-7-13-21(19)23(17-26-23)15-25-16-24(18-27-24)22-14-8-6-12-20(22)10-4-2/h3-8,11-14H,1-2,9-10,15-18H2. The molecule has 4 rings (SSSR count). The summed E-state index contributed by atoms with van der Waals surface area (Å²) in [5.41, 5.74) is 4.28. The largest absolute Gasteiger partial charge is 0.375 e. The summed E-state index contributed by atoms with van der Waals surface area (Å²) in [6.45, 7) is 10.2. The lowest BCUT2D eigenvalue weighted by Gasteiger charge is -2.20. The van der Waals surface area contributed by atoms with Gasteiger partial charge in [-0.2, -0.15) is 0 Å². The summed E-state index contributed by atoms with van der Waals surface area (Å²) in [5.74, 6) is 0. The smallest absolute Gasteiger partial charge is 0.140 e. The maximum absolute atomic E-state index is 6.16. The molecule has 2 aromatic carbocycles. The van der Waals surface area contributed by atoms with Gasteiger partial charge < -0.3 is 14.2 Å². The van der Waals surface area contributed by atoms with Crippen LogP contribution in [0.3, 0.4) is 0 Å². The van der Waals surface area contributed by atoms with Crippen LogP contribution in [0.15, 0.2) is 73.8 Å². The van der Waals surface area contributed by atoms with Crippen LogP contribution in [-0.2, 0) is 38.3 Å². The lowest BCUT2D eigenvalue weighted by atomic mass is 9.92. The molecular weight excluding hydrogens is 336 g/mol. The molecule has 3 nitrogen and oxygen atoms in total. The first kappa shape index (κ1) is 18.2. The van der Waals surface area contributed by atoms with E-state index in [4.69, 9.17) is 14.2 Å². The van der Waals surface area contributed by atoms with Crippen LogP contribution in [0.1, 0.15) is 22.3 Å². The van der Waals surface area contributed by atoms with Crippen molar-refractivity contribution in [2.24, 2.45) is 0 Å². The fourth-order valence-corrected chi connectivity index (χ4v) is 3.78. The molecule has 27 heavy (non-hydrogen) atoms. The van der Waals surface area contributed by atoms with Crippen molar-refractivity contribution in [3.63, 3.8) is 0 Å². The summed E-state index contributed by atoms with van der Waals surface area (Å²) in [4.78, 5) is 0. The Morgan fingerprint density at radius 1 is 0.778 bits per heavy atom. The molecule has 0 aliphatic carbocycles. The Hall–Kier alpha value is -2.20. The van der Waals surface area contributed by atoms with E-state index in [0.717, 1.165) is 12.8 Å². The molecule has 0 amide bonds. The van der Waals surface area contributed by atoms with Gasteiger partial charge in [-0.05, 0) is 35.1 Å². The van der Waals surface area contributed by atoms with Gasteiger partial charge in [-0.1, -0.05) is 60.7 Å². The topological polar surface area (TPSA) is 34.3 Å². The number of epoxide rings is 2. The summed E-state index contributed by atoms with van der Waals surface area (Å²) in [5, 5.41) is 0. The molecule has 0 spiro atoms. The second-order valence-electron chi connectivity index (χ2n) is 7.36. The van der Waals surface area contributed by atoms with E-state index in [1.54, 1.807) is 0 Å². The van der Waals surface area contributed by atoms with Crippen molar-refractivity contribution in [3.8, 4) is 0 Å². The van der Waals surface area contributed by atoms with Crippen molar-refractivity contribution in [1.82, 2.24) is 0 Å². The molecule has 140 valence electrons. The third-order valence-electron chi connectivity index (χ3n) is 5.40. The molecule has 2 unspecified atom stereocenters. The van der Waals surface area contributed by atoms with E-state index in [-0.39, 0.29) is 11.2 Å². The Morgan fingerprint density at radius 3 is 1.56 bits per heavy atom. The lowest BCUT2D eigenvalue weighted by molar-refractivity contribution is 0.0399. The number of benzene rings is 2. The van der Waals surface area contributed by atoms with Crippen molar-refractivity contribution < 1.29 is 14.2 Å². The molecule has 0 N–H and O–H groups in total. The highest BCUT2D eigenvalue weighted by atomic mass is 16.6. The first-order valence-corrected chi connectivity index (χ1v) is 9.47. The fourth-order valence-electron chi connectivity index (χ4n) is 3.78. The zero-order chi connectivity index (χ0) is 18.7. The van der Waals surface area contributed by atoms with Gasteiger partial charge in [0.05, 0.1) is 26.4 Å². The minimum atomic E-state index is -0.323. The normalized spacial score (nSPS) is 25.8. The van der Waals surface area contributed by atoms with Gasteiger partial charge in [0.15, 0.2) is 0 Å². The molecular formula is C24H26O3. The monoisotopic (exact) mass is 362 g/mol. The quantitative estimate of drug-likeness (QED) is 0.466. The van der Waals surface area contributed by atoms with Crippen molar-refractivity contribution in [2.45, 2.75) is 24.0 Å². The van der Waals surface area contributed by atoms with Gasteiger partial charge in [-0.25, -0.2) is 0 Å². The predicted molar refractivity (Wildman–Crippen MR) is 107 cm³/mol. The van der Waals surface area contributed by atoms with Crippen LogP contribution in [0.4, 0.5) is 0 Å². The average Bonchev–Trinajstić information content (AvgIpc) is 3.61. The van der Waals surface area contributed by atoms with E-state index >= 15 is 0 Å². The predicted octanol–water partition coefficient (Wildman–Crippen LogP) is 4.31. The highest BCUT2D eigenvalue weighted by Crippen LogP contribution is 2.44. The lowest BCUT2D eigenvalue weighted by Crippen LogP contribution is -2.25. The summed E-state index contributed by atoms with van der Waals surface area (Å²) in [6, 6.07) is 16.8. The van der Waals surface area contributed by atoms with Gasteiger partial charge in [0, 0.05) is 0 Å². The van der Waals surface area contributed by atoms with Gasteiger partial charge in [-0.3, -0.25) is 0 Å². The molecule has 2 heterocycles. The third-order valence-corrected chi connectivity index (χ3v) is 5.40. The fraction of sp³-hybridized carbons (Fsp3) is 0.333. The molecule has 2 aliphatic rings. The zero-order valence-electron chi connectivity index (χ0n) is 15.7. The second kappa shape index (κ2) is 7.43. The van der Waals surface area contributed by atoms with Crippen LogP contribution in [0.25, 0.3) is 0 Å². The second-order valence-corrected chi connectivity index (χ2v) is 7.36. The van der Waals surface area contributed by atoms with Crippen LogP contribution in [0, 0.1) is 0 Å². The van der Waals surface area contributed by atoms with E-state index in [9.17, 15) is 0 Å². The first-order valence-electron chi connectivity index (χ1n) is 9.47. The molecule has 2 saturated heterocycles. The molecule has 2 fully saturated rings. The first-order chi connectivity index (χ1) is 13.2. The maximum Gasteiger partial charge on any atom is 0.140 e. The number of allylic oxidation sites excluding steroid dienone is 2. The van der Waals surface area contributed by atoms with Crippen LogP contribution in [0.2, 0.25) is 0 Å². The van der Waals surface area contributed by atoms with Crippen LogP contribution < -0.4 is 0 Å². The van der Waals surface area contributed by atoms with Gasteiger partial charge in [0.1, 0.15) is 11.2 Å². The highest BCUT2D eigenvalue weighted by molar-refractivity contribution is 5.38. The van der Waals surface area contributed by atoms with E-state index < -0.39 is 0 Å². The molecule has 2 aliphatic heterocycles. The number of hydrogen-bond acceptors (Lipinski definition) is 3. The van der Waals surface area contributed by atoms with Crippen LogP contribution in [0.5, 0.6) is 0 Å². The Labute approximate surface area is 161 Å². The summed E-state index contributed by atoms with van der Waals surface area (Å²) in [7, 11) is 0. The van der Waals surface area contributed by atoms with E-state index in [1.807, 2.05) is 12.2 Å². The molecule has 2 atom stereocenters. The van der Waals surface area contributed by atoms with Gasteiger partial charge in [0.2, 0.25) is 0 Å². The van der Waals surface area contributed by atoms with Crippen molar-refractivity contribution in [1.29, 1.82) is 0 Å². The van der Waals surface area contributed by atoms with Crippen LogP contribution >= 0.6 is 0 Å². The molecule has 0 radical (unpaired) electrons. The average molecular weight is 362 g/mol. The Morgan fingerprint density at radius 2 is 1.19 bits per heavy atom. The molecule has 0 saturated carbocycles. The summed E-state index contributed by atoms with van der Waals surface area (Å²) < 4.78 is 17.9. The zero-order valence-corrected chi connectivity index (χ0v) is 15.7. The molecule has 3 heteroatoms. The van der Waals surface area contributed by atoms with E-state index in [1.165, 1.54) is 22.3 Å². The van der Waals surface area contributed by atoms with Crippen molar-refractivity contribution in [2.75, 3.05) is 26.4 Å². The summed E-state index contributed by atoms with van der Waals surface area (Å²) >= 11 is 0. The Kier molecular flexibility index (Phi) is 5.00. The third kappa shape index (κ3) is 3.63. The molecule has 0 aromatic heterocycles. The highest BCUT2D eigenvalue weighted by Gasteiger charge is 2.51. The Bertz CT molecular complexity index is 762. The van der Waals surface area contributed by atoms with Crippen molar-refractivity contribution in [3.05, 3.63) is 96.1 Å². The number of hydrogen-bond donors (Lipinski definition) is 0.